The summed E-state index contributed by atoms with van der Waals surface area (Å²) >= 11 is 0. The zero-order chi connectivity index (χ0) is 16.4. The quantitative estimate of drug-likeness (QED) is 0.836. The Kier molecular flexibility index (Phi) is 5.35. The van der Waals surface area contributed by atoms with Gasteiger partial charge in [-0.1, -0.05) is 20.3 Å². The highest BCUT2D eigenvalue weighted by Crippen LogP contribution is 2.21. The molecule has 0 bridgehead atoms. The molecule has 2 unspecified atom stereocenters. The summed E-state index contributed by atoms with van der Waals surface area (Å²) in [6.45, 7) is 3.10. The summed E-state index contributed by atoms with van der Waals surface area (Å²) in [5.41, 5.74) is 0. The normalized spacial score (nSPS) is 14.7. The molecule has 0 aromatic heterocycles. The second kappa shape index (κ2) is 6.44. The first kappa shape index (κ1) is 17.4. The van der Waals surface area contributed by atoms with Crippen molar-refractivity contribution in [2.75, 3.05) is 0 Å². The molecule has 0 saturated carbocycles. The lowest BCUT2D eigenvalue weighted by Crippen LogP contribution is -2.45. The number of sulfonamides is 1. The summed E-state index contributed by atoms with van der Waals surface area (Å²) in [6.07, 6.45) is 0.327. The molecule has 2 atom stereocenters. The Morgan fingerprint density at radius 2 is 1.76 bits per heavy atom. The second-order valence-corrected chi connectivity index (χ2v) is 6.17. The lowest BCUT2D eigenvalue weighted by atomic mass is 10.0. The molecule has 118 valence electrons. The van der Waals surface area contributed by atoms with Gasteiger partial charge in [-0.25, -0.2) is 21.6 Å². The molecule has 21 heavy (non-hydrogen) atoms. The fourth-order valence-corrected chi connectivity index (χ4v) is 3.07. The largest absolute Gasteiger partial charge is 0.480 e. The maximum atomic E-state index is 13.5. The number of hydrogen-bond donors (Lipinski definition) is 2. The molecule has 5 nitrogen and oxygen atoms in total. The SMILES string of the molecule is CCC(C)C(NS(=O)(=O)c1c(F)cc(F)cc1F)C(=O)O. The highest BCUT2D eigenvalue weighted by atomic mass is 32.2. The van der Waals surface area contributed by atoms with Crippen LogP contribution in [-0.2, 0) is 14.8 Å². The fraction of sp³-hybridized carbons (Fsp3) is 0.417. The number of halogens is 3. The number of carbonyl (C=O) groups is 1. The van der Waals surface area contributed by atoms with Crippen molar-refractivity contribution in [2.24, 2.45) is 5.92 Å². The third kappa shape index (κ3) is 3.94. The Morgan fingerprint density at radius 1 is 1.29 bits per heavy atom. The Labute approximate surface area is 119 Å². The van der Waals surface area contributed by atoms with Crippen LogP contribution in [0, 0.1) is 23.4 Å². The Bertz CT molecular complexity index is 625. The molecule has 0 heterocycles. The fourth-order valence-electron chi connectivity index (χ4n) is 1.66. The smallest absolute Gasteiger partial charge is 0.322 e. The van der Waals surface area contributed by atoms with Crippen LogP contribution >= 0.6 is 0 Å². The molecule has 0 amide bonds. The van der Waals surface area contributed by atoms with Gasteiger partial charge in [0.15, 0.2) is 4.90 Å². The van der Waals surface area contributed by atoms with Gasteiger partial charge in [0.1, 0.15) is 23.5 Å². The molecule has 0 saturated heterocycles. The summed E-state index contributed by atoms with van der Waals surface area (Å²) in [5, 5.41) is 8.99. The van der Waals surface area contributed by atoms with E-state index in [-0.39, 0.29) is 12.1 Å². The molecule has 0 aliphatic rings. The van der Waals surface area contributed by atoms with E-state index in [1.54, 1.807) is 11.6 Å². The van der Waals surface area contributed by atoms with E-state index in [1.165, 1.54) is 6.92 Å². The van der Waals surface area contributed by atoms with Crippen LogP contribution in [0.4, 0.5) is 13.2 Å². The van der Waals surface area contributed by atoms with Crippen molar-refractivity contribution in [1.82, 2.24) is 4.72 Å². The molecule has 1 rings (SSSR count). The average Bonchev–Trinajstić information content (AvgIpc) is 2.33. The van der Waals surface area contributed by atoms with E-state index in [9.17, 15) is 26.4 Å². The van der Waals surface area contributed by atoms with Gasteiger partial charge >= 0.3 is 5.97 Å². The summed E-state index contributed by atoms with van der Waals surface area (Å²) < 4.78 is 65.4. The number of carboxylic acids is 1. The minimum Gasteiger partial charge on any atom is -0.480 e. The number of carboxylic acid groups (broad SMARTS) is 1. The first-order chi connectivity index (χ1) is 9.60. The maximum absolute atomic E-state index is 13.5. The number of rotatable bonds is 6. The third-order valence-electron chi connectivity index (χ3n) is 2.99. The van der Waals surface area contributed by atoms with E-state index >= 15 is 0 Å². The molecular formula is C12H14F3NO4S. The second-order valence-electron chi connectivity index (χ2n) is 4.52. The Morgan fingerprint density at radius 3 is 2.14 bits per heavy atom. The highest BCUT2D eigenvalue weighted by Gasteiger charge is 2.33. The van der Waals surface area contributed by atoms with Gasteiger partial charge in [-0.05, 0) is 5.92 Å². The molecule has 0 radical (unpaired) electrons. The Hall–Kier alpha value is -1.61. The summed E-state index contributed by atoms with van der Waals surface area (Å²) in [6, 6.07) is -1.14. The van der Waals surface area contributed by atoms with E-state index < -0.39 is 50.3 Å². The highest BCUT2D eigenvalue weighted by molar-refractivity contribution is 7.89. The van der Waals surface area contributed by atoms with Crippen LogP contribution in [0.3, 0.4) is 0 Å². The first-order valence-corrected chi connectivity index (χ1v) is 7.48. The van der Waals surface area contributed by atoms with Crippen molar-refractivity contribution in [2.45, 2.75) is 31.2 Å². The first-order valence-electron chi connectivity index (χ1n) is 5.99. The van der Waals surface area contributed by atoms with Gasteiger partial charge in [0, 0.05) is 12.1 Å². The zero-order valence-electron chi connectivity index (χ0n) is 11.2. The van der Waals surface area contributed by atoms with Gasteiger partial charge in [-0.15, -0.1) is 0 Å². The van der Waals surface area contributed by atoms with Crippen LogP contribution in [0.25, 0.3) is 0 Å². The van der Waals surface area contributed by atoms with Crippen LogP contribution in [0.1, 0.15) is 20.3 Å². The van der Waals surface area contributed by atoms with Gasteiger partial charge in [0.2, 0.25) is 10.0 Å². The average molecular weight is 325 g/mol. The number of aliphatic carboxylic acids is 1. The van der Waals surface area contributed by atoms with Crippen LogP contribution < -0.4 is 4.72 Å². The minimum atomic E-state index is -4.79. The van der Waals surface area contributed by atoms with E-state index in [0.717, 1.165) is 0 Å². The zero-order valence-corrected chi connectivity index (χ0v) is 12.0. The summed E-state index contributed by atoms with van der Waals surface area (Å²) in [5.74, 6) is -6.62. The predicted octanol–water partition coefficient (Wildman–Crippen LogP) is 1.88. The van der Waals surface area contributed by atoms with Crippen molar-refractivity contribution in [1.29, 1.82) is 0 Å². The number of hydrogen-bond acceptors (Lipinski definition) is 3. The van der Waals surface area contributed by atoms with Crippen molar-refractivity contribution >= 4 is 16.0 Å². The topological polar surface area (TPSA) is 83.5 Å². The van der Waals surface area contributed by atoms with Gasteiger partial charge in [0.05, 0.1) is 0 Å². The van der Waals surface area contributed by atoms with E-state index in [0.29, 0.717) is 6.42 Å². The van der Waals surface area contributed by atoms with Gasteiger partial charge in [0.25, 0.3) is 0 Å². The van der Waals surface area contributed by atoms with Crippen molar-refractivity contribution in [3.8, 4) is 0 Å². The molecular weight excluding hydrogens is 311 g/mol. The Balaban J connectivity index is 3.26. The maximum Gasteiger partial charge on any atom is 0.322 e. The molecule has 9 heteroatoms. The van der Waals surface area contributed by atoms with Crippen molar-refractivity contribution in [3.63, 3.8) is 0 Å². The van der Waals surface area contributed by atoms with Crippen LogP contribution in [-0.4, -0.2) is 25.5 Å². The van der Waals surface area contributed by atoms with E-state index in [4.69, 9.17) is 5.11 Å². The predicted molar refractivity (Wildman–Crippen MR) is 67.5 cm³/mol. The molecule has 1 aromatic carbocycles. The monoisotopic (exact) mass is 325 g/mol. The van der Waals surface area contributed by atoms with Crippen molar-refractivity contribution < 1.29 is 31.5 Å². The molecule has 1 aromatic rings. The van der Waals surface area contributed by atoms with Crippen LogP contribution in [0.5, 0.6) is 0 Å². The van der Waals surface area contributed by atoms with Gasteiger partial charge in [-0.3, -0.25) is 4.79 Å². The summed E-state index contributed by atoms with van der Waals surface area (Å²) in [7, 11) is -4.79. The molecule has 2 N–H and O–H groups in total. The minimum absolute atomic E-state index is 0.205. The van der Waals surface area contributed by atoms with Crippen molar-refractivity contribution in [3.05, 3.63) is 29.6 Å². The number of nitrogens with one attached hydrogen (secondary N) is 1. The lowest BCUT2D eigenvalue weighted by Gasteiger charge is -2.20. The lowest BCUT2D eigenvalue weighted by molar-refractivity contribution is -0.140. The third-order valence-corrected chi connectivity index (χ3v) is 4.48. The van der Waals surface area contributed by atoms with Crippen LogP contribution in [0.15, 0.2) is 17.0 Å². The van der Waals surface area contributed by atoms with Crippen LogP contribution in [0.2, 0.25) is 0 Å². The number of benzene rings is 1. The standard InChI is InChI=1S/C12H14F3NO4S/c1-3-6(2)10(12(17)18)16-21(19,20)11-8(14)4-7(13)5-9(11)15/h4-6,10,16H,3H2,1-2H3,(H,17,18). The van der Waals surface area contributed by atoms with Gasteiger partial charge < -0.3 is 5.11 Å². The van der Waals surface area contributed by atoms with Gasteiger partial charge in [-0.2, -0.15) is 4.72 Å². The molecule has 0 spiro atoms. The molecule has 0 fully saturated rings. The molecule has 0 aliphatic carbocycles. The molecule has 0 aliphatic heterocycles. The van der Waals surface area contributed by atoms with E-state index in [1.807, 2.05) is 0 Å². The van der Waals surface area contributed by atoms with E-state index in [2.05, 4.69) is 0 Å². The summed E-state index contributed by atoms with van der Waals surface area (Å²) in [4.78, 5) is 9.65.